The van der Waals surface area contributed by atoms with Crippen LogP contribution in [0.15, 0.2) is 66.8 Å². The Morgan fingerprint density at radius 3 is 2.27 bits per heavy atom. The highest BCUT2D eigenvalue weighted by Crippen LogP contribution is 2.38. The maximum atomic E-state index is 12.9. The molecule has 158 valence electrons. The van der Waals surface area contributed by atoms with Crippen molar-refractivity contribution >= 4 is 5.97 Å². The highest BCUT2D eigenvalue weighted by molar-refractivity contribution is 5.74. The van der Waals surface area contributed by atoms with Gasteiger partial charge < -0.3 is 9.47 Å². The summed E-state index contributed by atoms with van der Waals surface area (Å²) < 4.78 is 37.0. The van der Waals surface area contributed by atoms with Crippen LogP contribution in [0.2, 0.25) is 0 Å². The highest BCUT2D eigenvalue weighted by Gasteiger charge is 2.39. The van der Waals surface area contributed by atoms with E-state index in [0.29, 0.717) is 17.1 Å². The SMILES string of the molecule is CC(C)C(C(=O)OC(C#N)c1cccc(Oc2ccccc2)c1)C(C)(C)C=C(F)F. The Bertz CT molecular complexity index is 929. The van der Waals surface area contributed by atoms with E-state index in [2.05, 4.69) is 0 Å². The number of hydrogen-bond donors (Lipinski definition) is 0. The van der Waals surface area contributed by atoms with E-state index in [1.807, 2.05) is 24.3 Å². The lowest BCUT2D eigenvalue weighted by Crippen LogP contribution is -2.35. The third-order valence-electron chi connectivity index (χ3n) is 4.69. The van der Waals surface area contributed by atoms with Gasteiger partial charge in [-0.2, -0.15) is 14.0 Å². The van der Waals surface area contributed by atoms with Crippen molar-refractivity contribution in [2.45, 2.75) is 33.8 Å². The lowest BCUT2D eigenvalue weighted by Gasteiger charge is -2.33. The van der Waals surface area contributed by atoms with Crippen LogP contribution in [0.5, 0.6) is 11.5 Å². The first-order valence-electron chi connectivity index (χ1n) is 9.61. The van der Waals surface area contributed by atoms with Crippen molar-refractivity contribution < 1.29 is 23.0 Å². The lowest BCUT2D eigenvalue weighted by molar-refractivity contribution is -0.157. The van der Waals surface area contributed by atoms with Gasteiger partial charge in [-0.1, -0.05) is 58.0 Å². The summed E-state index contributed by atoms with van der Waals surface area (Å²) in [7, 11) is 0. The van der Waals surface area contributed by atoms with Gasteiger partial charge in [-0.15, -0.1) is 0 Å². The Hall–Kier alpha value is -3.20. The monoisotopic (exact) mass is 413 g/mol. The largest absolute Gasteiger partial charge is 0.457 e. The summed E-state index contributed by atoms with van der Waals surface area (Å²) in [5.74, 6) is -0.706. The molecule has 6 heteroatoms. The fourth-order valence-corrected chi connectivity index (χ4v) is 3.53. The molecule has 0 radical (unpaired) electrons. The maximum Gasteiger partial charge on any atom is 0.311 e. The first-order chi connectivity index (χ1) is 14.1. The molecule has 0 aliphatic rings. The molecule has 2 aromatic carbocycles. The number of halogens is 2. The van der Waals surface area contributed by atoms with Gasteiger partial charge in [0.25, 0.3) is 6.08 Å². The third kappa shape index (κ3) is 6.15. The zero-order valence-electron chi connectivity index (χ0n) is 17.4. The second kappa shape index (κ2) is 10.0. The van der Waals surface area contributed by atoms with Gasteiger partial charge in [-0.05, 0) is 36.3 Å². The minimum absolute atomic E-state index is 0.268. The van der Waals surface area contributed by atoms with Crippen LogP contribution in [0.4, 0.5) is 8.78 Å². The van der Waals surface area contributed by atoms with Crippen molar-refractivity contribution in [1.29, 1.82) is 5.26 Å². The molecule has 0 aliphatic heterocycles. The van der Waals surface area contributed by atoms with Crippen molar-refractivity contribution in [3.8, 4) is 17.6 Å². The molecule has 0 aromatic heterocycles. The van der Waals surface area contributed by atoms with Gasteiger partial charge in [0.15, 0.2) is 0 Å². The smallest absolute Gasteiger partial charge is 0.311 e. The van der Waals surface area contributed by atoms with Gasteiger partial charge >= 0.3 is 5.97 Å². The molecule has 0 amide bonds. The van der Waals surface area contributed by atoms with E-state index < -0.39 is 29.5 Å². The molecule has 0 heterocycles. The van der Waals surface area contributed by atoms with Gasteiger partial charge in [-0.3, -0.25) is 4.79 Å². The van der Waals surface area contributed by atoms with Crippen LogP contribution in [0.1, 0.15) is 39.4 Å². The molecule has 0 saturated carbocycles. The number of esters is 1. The lowest BCUT2D eigenvalue weighted by atomic mass is 9.73. The summed E-state index contributed by atoms with van der Waals surface area (Å²) >= 11 is 0. The molecule has 30 heavy (non-hydrogen) atoms. The Labute approximate surface area is 175 Å². The van der Waals surface area contributed by atoms with Crippen LogP contribution in [-0.4, -0.2) is 5.97 Å². The normalized spacial score (nSPS) is 13.1. The van der Waals surface area contributed by atoms with Gasteiger partial charge in [0.2, 0.25) is 6.10 Å². The molecule has 0 bridgehead atoms. The highest BCUT2D eigenvalue weighted by atomic mass is 19.3. The van der Waals surface area contributed by atoms with E-state index in [1.165, 1.54) is 0 Å². The second-order valence-corrected chi connectivity index (χ2v) is 7.91. The maximum absolute atomic E-state index is 12.9. The predicted molar refractivity (Wildman–Crippen MR) is 110 cm³/mol. The average Bonchev–Trinajstić information content (AvgIpc) is 2.65. The van der Waals surface area contributed by atoms with Crippen LogP contribution in [-0.2, 0) is 9.53 Å². The molecular weight excluding hydrogens is 388 g/mol. The molecule has 2 atom stereocenters. The van der Waals surface area contributed by atoms with Crippen molar-refractivity contribution in [1.82, 2.24) is 0 Å². The summed E-state index contributed by atoms with van der Waals surface area (Å²) in [4.78, 5) is 12.9. The Morgan fingerprint density at radius 2 is 1.70 bits per heavy atom. The van der Waals surface area contributed by atoms with Crippen molar-refractivity contribution in [3.05, 3.63) is 72.3 Å². The zero-order valence-corrected chi connectivity index (χ0v) is 17.4. The summed E-state index contributed by atoms with van der Waals surface area (Å²) in [6.45, 7) is 6.61. The topological polar surface area (TPSA) is 59.3 Å². The number of para-hydroxylation sites is 1. The fraction of sp³-hybridized carbons (Fsp3) is 0.333. The predicted octanol–water partition coefficient (Wildman–Crippen LogP) is 6.67. The first-order valence-corrected chi connectivity index (χ1v) is 9.61. The van der Waals surface area contributed by atoms with E-state index in [1.54, 1.807) is 64.1 Å². The van der Waals surface area contributed by atoms with Crippen molar-refractivity contribution in [2.75, 3.05) is 0 Å². The quantitative estimate of drug-likeness (QED) is 0.454. The molecule has 2 aromatic rings. The van der Waals surface area contributed by atoms with E-state index in [4.69, 9.17) is 9.47 Å². The molecular formula is C24H25F2NO3. The number of benzene rings is 2. The van der Waals surface area contributed by atoms with E-state index >= 15 is 0 Å². The molecule has 0 N–H and O–H groups in total. The molecule has 0 spiro atoms. The number of rotatable bonds is 8. The van der Waals surface area contributed by atoms with E-state index in [-0.39, 0.29) is 5.92 Å². The average molecular weight is 413 g/mol. The molecule has 0 aliphatic carbocycles. The van der Waals surface area contributed by atoms with Crippen molar-refractivity contribution in [2.24, 2.45) is 17.3 Å². The molecule has 4 nitrogen and oxygen atoms in total. The third-order valence-corrected chi connectivity index (χ3v) is 4.69. The van der Waals surface area contributed by atoms with Crippen LogP contribution in [0.3, 0.4) is 0 Å². The molecule has 0 saturated heterocycles. The number of hydrogen-bond acceptors (Lipinski definition) is 4. The summed E-state index contributed by atoms with van der Waals surface area (Å²) in [5.41, 5.74) is -0.700. The number of carbonyl (C=O) groups excluding carboxylic acids is 1. The van der Waals surface area contributed by atoms with Crippen LogP contribution in [0, 0.1) is 28.6 Å². The number of ether oxygens (including phenoxy) is 2. The Morgan fingerprint density at radius 1 is 1.07 bits per heavy atom. The summed E-state index contributed by atoms with van der Waals surface area (Å²) in [6.07, 6.45) is -2.29. The van der Waals surface area contributed by atoms with Crippen LogP contribution < -0.4 is 4.74 Å². The van der Waals surface area contributed by atoms with Gasteiger partial charge in [0.1, 0.15) is 17.6 Å². The van der Waals surface area contributed by atoms with E-state index in [9.17, 15) is 18.8 Å². The number of nitrogens with zero attached hydrogens (tertiary/aromatic N) is 1. The molecule has 2 rings (SSSR count). The number of nitriles is 1. The number of allylic oxidation sites excluding steroid dienone is 1. The molecule has 0 fully saturated rings. The molecule has 2 unspecified atom stereocenters. The Kier molecular flexibility index (Phi) is 7.71. The summed E-state index contributed by atoms with van der Waals surface area (Å²) in [6, 6.07) is 17.8. The first kappa shape index (κ1) is 23.1. The minimum Gasteiger partial charge on any atom is -0.457 e. The van der Waals surface area contributed by atoms with Crippen LogP contribution in [0.25, 0.3) is 0 Å². The van der Waals surface area contributed by atoms with Crippen molar-refractivity contribution in [3.63, 3.8) is 0 Å². The van der Waals surface area contributed by atoms with Gasteiger partial charge in [-0.25, -0.2) is 0 Å². The fourth-order valence-electron chi connectivity index (χ4n) is 3.53. The minimum atomic E-state index is -1.86. The second-order valence-electron chi connectivity index (χ2n) is 7.91. The Balaban J connectivity index is 2.23. The number of carbonyl (C=O) groups is 1. The van der Waals surface area contributed by atoms with Crippen LogP contribution >= 0.6 is 0 Å². The van der Waals surface area contributed by atoms with Gasteiger partial charge in [0, 0.05) is 11.0 Å². The van der Waals surface area contributed by atoms with E-state index in [0.717, 1.165) is 6.08 Å². The standard InChI is InChI=1S/C24H25F2NO3/c1-16(2)22(24(3,4)14-21(25)26)23(28)30-20(15-27)17-9-8-12-19(13-17)29-18-10-6-5-7-11-18/h5-14,16,20,22H,1-4H3. The zero-order chi connectivity index (χ0) is 22.3. The van der Waals surface area contributed by atoms with Gasteiger partial charge in [0.05, 0.1) is 5.92 Å². The summed E-state index contributed by atoms with van der Waals surface area (Å²) in [5, 5.41) is 9.58.